The molecule has 3 heteroatoms. The number of aromatic hydroxyl groups is 1. The van der Waals surface area contributed by atoms with Crippen molar-refractivity contribution in [1.29, 1.82) is 0 Å². The standard InChI is InChI=1S/C18H23NO2/c20-16-3-1-2-12(7-16)8-17(21)19-18-9-13-4-14(10-18)6-15(5-13)11-18/h1-3,7,13-15,20H,4-6,8-11H2,(H,19,21). The minimum atomic E-state index is 0.0860. The van der Waals surface area contributed by atoms with E-state index >= 15 is 0 Å². The van der Waals surface area contributed by atoms with Crippen LogP contribution in [-0.2, 0) is 11.2 Å². The summed E-state index contributed by atoms with van der Waals surface area (Å²) >= 11 is 0. The van der Waals surface area contributed by atoms with Crippen LogP contribution in [0.5, 0.6) is 5.75 Å². The van der Waals surface area contributed by atoms with Crippen LogP contribution in [0.4, 0.5) is 0 Å². The lowest BCUT2D eigenvalue weighted by Crippen LogP contribution is -2.60. The van der Waals surface area contributed by atoms with Crippen LogP contribution in [0.2, 0.25) is 0 Å². The molecule has 4 saturated carbocycles. The molecule has 1 aromatic carbocycles. The topological polar surface area (TPSA) is 49.3 Å². The van der Waals surface area contributed by atoms with E-state index in [-0.39, 0.29) is 17.2 Å². The van der Waals surface area contributed by atoms with E-state index in [1.165, 1.54) is 38.5 Å². The van der Waals surface area contributed by atoms with Gasteiger partial charge < -0.3 is 10.4 Å². The third-order valence-electron chi connectivity index (χ3n) is 5.72. The lowest BCUT2D eigenvalue weighted by Gasteiger charge is -2.56. The molecule has 0 saturated heterocycles. The average molecular weight is 285 g/mol. The number of benzene rings is 1. The van der Waals surface area contributed by atoms with Gasteiger partial charge >= 0.3 is 0 Å². The number of amides is 1. The fourth-order valence-corrected chi connectivity index (χ4v) is 5.46. The van der Waals surface area contributed by atoms with Crippen LogP contribution in [0, 0.1) is 17.8 Å². The summed E-state index contributed by atoms with van der Waals surface area (Å²) in [6, 6.07) is 7.02. The Morgan fingerprint density at radius 1 is 1.14 bits per heavy atom. The Hall–Kier alpha value is -1.51. The fourth-order valence-electron chi connectivity index (χ4n) is 5.46. The molecule has 0 atom stereocenters. The monoisotopic (exact) mass is 285 g/mol. The molecule has 1 amide bonds. The number of carbonyl (C=O) groups is 1. The van der Waals surface area contributed by atoms with E-state index in [1.807, 2.05) is 6.07 Å². The lowest BCUT2D eigenvalue weighted by atomic mass is 9.53. The van der Waals surface area contributed by atoms with E-state index in [1.54, 1.807) is 18.2 Å². The predicted octanol–water partition coefficient (Wildman–Crippen LogP) is 3.02. The molecular formula is C18H23NO2. The quantitative estimate of drug-likeness (QED) is 0.897. The molecule has 4 aliphatic rings. The summed E-state index contributed by atoms with van der Waals surface area (Å²) in [6.07, 6.45) is 8.10. The zero-order valence-corrected chi connectivity index (χ0v) is 12.3. The summed E-state index contributed by atoms with van der Waals surface area (Å²) in [6.45, 7) is 0. The SMILES string of the molecule is O=C(Cc1cccc(O)c1)NC12CC3CC(CC(C3)C1)C2. The molecule has 4 aliphatic carbocycles. The summed E-state index contributed by atoms with van der Waals surface area (Å²) in [5.41, 5.74) is 0.972. The second-order valence-corrected chi connectivity index (χ2v) is 7.59. The average Bonchev–Trinajstić information content (AvgIpc) is 2.35. The fraction of sp³-hybridized carbons (Fsp3) is 0.611. The van der Waals surface area contributed by atoms with Crippen molar-refractivity contribution in [3.8, 4) is 5.75 Å². The van der Waals surface area contributed by atoms with Gasteiger partial charge in [0.1, 0.15) is 5.75 Å². The number of hydrogen-bond acceptors (Lipinski definition) is 2. The van der Waals surface area contributed by atoms with Crippen molar-refractivity contribution in [2.45, 2.75) is 50.5 Å². The molecule has 2 N–H and O–H groups in total. The molecular weight excluding hydrogens is 262 g/mol. The number of phenolic OH excluding ortho intramolecular Hbond substituents is 1. The van der Waals surface area contributed by atoms with Crippen LogP contribution < -0.4 is 5.32 Å². The summed E-state index contributed by atoms with van der Waals surface area (Å²) in [4.78, 5) is 12.4. The Bertz CT molecular complexity index is 531. The molecule has 4 bridgehead atoms. The molecule has 0 unspecified atom stereocenters. The van der Waals surface area contributed by atoms with Crippen LogP contribution in [0.3, 0.4) is 0 Å². The van der Waals surface area contributed by atoms with Crippen molar-refractivity contribution in [3.05, 3.63) is 29.8 Å². The van der Waals surface area contributed by atoms with E-state index in [4.69, 9.17) is 0 Å². The number of carbonyl (C=O) groups excluding carboxylic acids is 1. The largest absolute Gasteiger partial charge is 0.508 e. The van der Waals surface area contributed by atoms with Crippen LogP contribution >= 0.6 is 0 Å². The highest BCUT2D eigenvalue weighted by molar-refractivity contribution is 5.79. The molecule has 4 fully saturated rings. The zero-order valence-electron chi connectivity index (χ0n) is 12.3. The van der Waals surface area contributed by atoms with Gasteiger partial charge in [0.25, 0.3) is 0 Å². The molecule has 0 aliphatic heterocycles. The summed E-state index contributed by atoms with van der Waals surface area (Å²) in [5, 5.41) is 12.9. The van der Waals surface area contributed by atoms with Crippen LogP contribution in [0.15, 0.2) is 24.3 Å². The van der Waals surface area contributed by atoms with Gasteiger partial charge in [0, 0.05) is 5.54 Å². The van der Waals surface area contributed by atoms with Gasteiger partial charge in [-0.1, -0.05) is 12.1 Å². The normalized spacial score (nSPS) is 36.7. The molecule has 5 rings (SSSR count). The van der Waals surface area contributed by atoms with Crippen molar-refractivity contribution in [1.82, 2.24) is 5.32 Å². The van der Waals surface area contributed by atoms with Gasteiger partial charge in [-0.2, -0.15) is 0 Å². The Balaban J connectivity index is 1.45. The third-order valence-corrected chi connectivity index (χ3v) is 5.72. The molecule has 21 heavy (non-hydrogen) atoms. The van der Waals surface area contributed by atoms with Crippen molar-refractivity contribution >= 4 is 5.91 Å². The minimum absolute atomic E-state index is 0.0860. The van der Waals surface area contributed by atoms with Gasteiger partial charge in [0.15, 0.2) is 0 Å². The van der Waals surface area contributed by atoms with E-state index in [9.17, 15) is 9.90 Å². The Morgan fingerprint density at radius 2 is 1.76 bits per heavy atom. The number of rotatable bonds is 3. The number of hydrogen-bond donors (Lipinski definition) is 2. The number of phenols is 1. The van der Waals surface area contributed by atoms with Gasteiger partial charge in [0.05, 0.1) is 6.42 Å². The van der Waals surface area contributed by atoms with Gasteiger partial charge in [0.2, 0.25) is 5.91 Å². The maximum Gasteiger partial charge on any atom is 0.224 e. The molecule has 0 radical (unpaired) electrons. The Kier molecular flexibility index (Phi) is 2.98. The molecule has 1 aromatic rings. The first-order valence-corrected chi connectivity index (χ1v) is 8.19. The summed E-state index contributed by atoms with van der Waals surface area (Å²) in [7, 11) is 0. The second kappa shape index (κ2) is 4.75. The lowest BCUT2D eigenvalue weighted by molar-refractivity contribution is -0.126. The van der Waals surface area contributed by atoms with Gasteiger partial charge in [-0.3, -0.25) is 4.79 Å². The Morgan fingerprint density at radius 3 is 2.33 bits per heavy atom. The van der Waals surface area contributed by atoms with Crippen molar-refractivity contribution < 1.29 is 9.90 Å². The zero-order chi connectivity index (χ0) is 14.4. The van der Waals surface area contributed by atoms with Crippen molar-refractivity contribution in [3.63, 3.8) is 0 Å². The van der Waals surface area contributed by atoms with E-state index in [0.717, 1.165) is 23.3 Å². The predicted molar refractivity (Wildman–Crippen MR) is 80.9 cm³/mol. The highest BCUT2D eigenvalue weighted by Gasteiger charge is 2.51. The van der Waals surface area contributed by atoms with Crippen LogP contribution in [-0.4, -0.2) is 16.6 Å². The smallest absolute Gasteiger partial charge is 0.224 e. The third kappa shape index (κ3) is 2.54. The molecule has 3 nitrogen and oxygen atoms in total. The second-order valence-electron chi connectivity index (χ2n) is 7.59. The molecule has 0 heterocycles. The maximum absolute atomic E-state index is 12.4. The van der Waals surface area contributed by atoms with E-state index in [0.29, 0.717) is 6.42 Å². The van der Waals surface area contributed by atoms with E-state index < -0.39 is 0 Å². The first-order chi connectivity index (χ1) is 10.1. The van der Waals surface area contributed by atoms with Gasteiger partial charge in [-0.15, -0.1) is 0 Å². The van der Waals surface area contributed by atoms with Crippen molar-refractivity contribution in [2.75, 3.05) is 0 Å². The first-order valence-electron chi connectivity index (χ1n) is 8.19. The van der Waals surface area contributed by atoms with Gasteiger partial charge in [-0.05, 0) is 74.0 Å². The molecule has 112 valence electrons. The van der Waals surface area contributed by atoms with Crippen LogP contribution in [0.1, 0.15) is 44.1 Å². The highest BCUT2D eigenvalue weighted by atomic mass is 16.3. The highest BCUT2D eigenvalue weighted by Crippen LogP contribution is 2.55. The maximum atomic E-state index is 12.4. The number of nitrogens with one attached hydrogen (secondary N) is 1. The van der Waals surface area contributed by atoms with Gasteiger partial charge in [-0.25, -0.2) is 0 Å². The van der Waals surface area contributed by atoms with E-state index in [2.05, 4.69) is 5.32 Å². The summed E-state index contributed by atoms with van der Waals surface area (Å²) < 4.78 is 0. The Labute approximate surface area is 125 Å². The van der Waals surface area contributed by atoms with Crippen LogP contribution in [0.25, 0.3) is 0 Å². The summed E-state index contributed by atoms with van der Waals surface area (Å²) in [5.74, 6) is 2.88. The minimum Gasteiger partial charge on any atom is -0.508 e. The van der Waals surface area contributed by atoms with Crippen molar-refractivity contribution in [2.24, 2.45) is 17.8 Å². The first kappa shape index (κ1) is 13.2. The molecule has 0 aromatic heterocycles. The molecule has 0 spiro atoms.